The molecule has 1 N–H and O–H groups in total. The molecule has 1 aromatic carbocycles. The van der Waals surface area contributed by atoms with Crippen molar-refractivity contribution in [2.45, 2.75) is 26.2 Å². The molecule has 6 nitrogen and oxygen atoms in total. The highest BCUT2D eigenvalue weighted by molar-refractivity contribution is 5.95. The van der Waals surface area contributed by atoms with E-state index in [0.717, 1.165) is 18.5 Å². The van der Waals surface area contributed by atoms with Gasteiger partial charge in [-0.15, -0.1) is 5.10 Å². The number of para-hydroxylation sites is 1. The minimum Gasteiger partial charge on any atom is -0.408 e. The van der Waals surface area contributed by atoms with Crippen LogP contribution >= 0.6 is 0 Å². The van der Waals surface area contributed by atoms with Gasteiger partial charge in [-0.05, 0) is 18.6 Å². The monoisotopic (exact) mass is 300 g/mol. The van der Waals surface area contributed by atoms with E-state index in [1.54, 1.807) is 0 Å². The normalized spacial score (nSPS) is 18.0. The Morgan fingerprint density at radius 2 is 2.14 bits per heavy atom. The molecule has 1 atom stereocenters. The molecule has 6 heteroatoms. The minimum absolute atomic E-state index is 0.162. The molecule has 0 radical (unpaired) electrons. The van der Waals surface area contributed by atoms with Crippen LogP contribution in [0.1, 0.15) is 25.7 Å². The molecule has 3 rings (SSSR count). The van der Waals surface area contributed by atoms with Crippen LogP contribution in [0.4, 0.5) is 11.7 Å². The standard InChI is InChI=1S/C16H20N4O2/c1-2-6-14-18-19-16(22-14)17-10-12-9-15(21)20(11-12)13-7-4-3-5-8-13/h3-5,7-8,12H,2,6,9-11H2,1H3,(H,17,19)/t12-/m0/s1. The minimum atomic E-state index is 0.162. The first kappa shape index (κ1) is 14.6. The van der Waals surface area contributed by atoms with Gasteiger partial charge in [0.1, 0.15) is 0 Å². The number of amides is 1. The molecular formula is C16H20N4O2. The van der Waals surface area contributed by atoms with Crippen LogP contribution in [0.15, 0.2) is 34.7 Å². The van der Waals surface area contributed by atoms with Gasteiger partial charge in [-0.2, -0.15) is 0 Å². The van der Waals surface area contributed by atoms with E-state index in [-0.39, 0.29) is 11.8 Å². The summed E-state index contributed by atoms with van der Waals surface area (Å²) in [6.07, 6.45) is 2.31. The Labute approximate surface area is 129 Å². The topological polar surface area (TPSA) is 71.3 Å². The first-order valence-corrected chi connectivity index (χ1v) is 7.68. The van der Waals surface area contributed by atoms with E-state index in [1.165, 1.54) is 0 Å². The molecule has 0 spiro atoms. The van der Waals surface area contributed by atoms with E-state index < -0.39 is 0 Å². The summed E-state index contributed by atoms with van der Waals surface area (Å²) in [6, 6.07) is 10.2. The Hall–Kier alpha value is -2.37. The van der Waals surface area contributed by atoms with Crippen LogP contribution in [0.25, 0.3) is 0 Å². The second-order valence-corrected chi connectivity index (χ2v) is 5.54. The molecule has 0 unspecified atom stereocenters. The van der Waals surface area contributed by atoms with Crippen molar-refractivity contribution in [1.29, 1.82) is 0 Å². The van der Waals surface area contributed by atoms with E-state index >= 15 is 0 Å². The third kappa shape index (κ3) is 3.27. The average molecular weight is 300 g/mol. The number of rotatable bonds is 6. The summed E-state index contributed by atoms with van der Waals surface area (Å²) in [6.45, 7) is 3.44. The maximum atomic E-state index is 12.1. The van der Waals surface area contributed by atoms with Crippen LogP contribution in [-0.4, -0.2) is 29.2 Å². The number of nitrogens with one attached hydrogen (secondary N) is 1. The number of hydrogen-bond acceptors (Lipinski definition) is 5. The Kier molecular flexibility index (Phi) is 4.37. The van der Waals surface area contributed by atoms with Gasteiger partial charge >= 0.3 is 6.01 Å². The average Bonchev–Trinajstić information content (AvgIpc) is 3.13. The predicted molar refractivity (Wildman–Crippen MR) is 83.7 cm³/mol. The quantitative estimate of drug-likeness (QED) is 0.887. The zero-order valence-corrected chi connectivity index (χ0v) is 12.7. The Bertz CT molecular complexity index is 626. The van der Waals surface area contributed by atoms with Gasteiger partial charge in [0.25, 0.3) is 0 Å². The van der Waals surface area contributed by atoms with Crippen molar-refractivity contribution in [3.63, 3.8) is 0 Å². The predicted octanol–water partition coefficient (Wildman–Crippen LogP) is 2.49. The smallest absolute Gasteiger partial charge is 0.315 e. The molecule has 0 aliphatic carbocycles. The van der Waals surface area contributed by atoms with Crippen molar-refractivity contribution in [2.24, 2.45) is 5.92 Å². The molecule has 0 saturated carbocycles. The van der Waals surface area contributed by atoms with Crippen LogP contribution < -0.4 is 10.2 Å². The summed E-state index contributed by atoms with van der Waals surface area (Å²) >= 11 is 0. The molecule has 22 heavy (non-hydrogen) atoms. The number of aromatic nitrogens is 2. The van der Waals surface area contributed by atoms with Crippen molar-refractivity contribution >= 4 is 17.6 Å². The summed E-state index contributed by atoms with van der Waals surface area (Å²) in [5.74, 6) is 1.06. The number of anilines is 2. The Morgan fingerprint density at radius 3 is 2.91 bits per heavy atom. The van der Waals surface area contributed by atoms with E-state index in [1.807, 2.05) is 35.2 Å². The molecule has 0 bridgehead atoms. The third-order valence-corrected chi connectivity index (χ3v) is 3.75. The number of benzene rings is 1. The van der Waals surface area contributed by atoms with Crippen molar-refractivity contribution in [2.75, 3.05) is 23.3 Å². The SMILES string of the molecule is CCCc1nnc(NC[C@@H]2CC(=O)N(c3ccccc3)C2)o1. The van der Waals surface area contributed by atoms with E-state index in [9.17, 15) is 4.79 Å². The second kappa shape index (κ2) is 6.60. The largest absolute Gasteiger partial charge is 0.408 e. The van der Waals surface area contributed by atoms with Crippen LogP contribution in [0, 0.1) is 5.92 Å². The molecule has 1 fully saturated rings. The third-order valence-electron chi connectivity index (χ3n) is 3.75. The molecule has 116 valence electrons. The first-order chi connectivity index (χ1) is 10.8. The highest BCUT2D eigenvalue weighted by Gasteiger charge is 2.30. The molecule has 2 heterocycles. The first-order valence-electron chi connectivity index (χ1n) is 7.68. The summed E-state index contributed by atoms with van der Waals surface area (Å²) in [5.41, 5.74) is 0.957. The number of carbonyl (C=O) groups is 1. The van der Waals surface area contributed by atoms with Crippen molar-refractivity contribution in [1.82, 2.24) is 10.2 Å². The van der Waals surface area contributed by atoms with Gasteiger partial charge in [-0.3, -0.25) is 4.79 Å². The molecule has 1 aromatic heterocycles. The Morgan fingerprint density at radius 1 is 1.32 bits per heavy atom. The number of nitrogens with zero attached hydrogens (tertiary/aromatic N) is 3. The van der Waals surface area contributed by atoms with Gasteiger partial charge in [0.05, 0.1) is 0 Å². The lowest BCUT2D eigenvalue weighted by Crippen LogP contribution is -2.25. The summed E-state index contributed by atoms with van der Waals surface area (Å²) < 4.78 is 5.49. The zero-order chi connectivity index (χ0) is 15.4. The van der Waals surface area contributed by atoms with E-state index in [4.69, 9.17) is 4.42 Å². The lowest BCUT2D eigenvalue weighted by molar-refractivity contribution is -0.117. The second-order valence-electron chi connectivity index (χ2n) is 5.54. The highest BCUT2D eigenvalue weighted by Crippen LogP contribution is 2.25. The van der Waals surface area contributed by atoms with Gasteiger partial charge in [-0.1, -0.05) is 30.2 Å². The van der Waals surface area contributed by atoms with Crippen LogP contribution in [0.5, 0.6) is 0 Å². The number of carbonyl (C=O) groups excluding carboxylic acids is 1. The number of hydrogen-bond donors (Lipinski definition) is 1. The van der Waals surface area contributed by atoms with Gasteiger partial charge < -0.3 is 14.6 Å². The van der Waals surface area contributed by atoms with Crippen LogP contribution in [-0.2, 0) is 11.2 Å². The maximum Gasteiger partial charge on any atom is 0.315 e. The molecule has 1 aliphatic heterocycles. The van der Waals surface area contributed by atoms with Crippen LogP contribution in [0.3, 0.4) is 0 Å². The number of aryl methyl sites for hydroxylation is 1. The molecular weight excluding hydrogens is 280 g/mol. The highest BCUT2D eigenvalue weighted by atomic mass is 16.4. The van der Waals surface area contributed by atoms with Gasteiger partial charge in [-0.25, -0.2) is 0 Å². The van der Waals surface area contributed by atoms with Gasteiger partial charge in [0.15, 0.2) is 0 Å². The summed E-state index contributed by atoms with van der Waals surface area (Å²) in [7, 11) is 0. The molecule has 2 aromatic rings. The fraction of sp³-hybridized carbons (Fsp3) is 0.438. The summed E-state index contributed by atoms with van der Waals surface area (Å²) in [5, 5.41) is 11.1. The van der Waals surface area contributed by atoms with Crippen molar-refractivity contribution in [3.8, 4) is 0 Å². The van der Waals surface area contributed by atoms with Crippen LogP contribution in [0.2, 0.25) is 0 Å². The van der Waals surface area contributed by atoms with Gasteiger partial charge in [0, 0.05) is 37.5 Å². The Balaban J connectivity index is 1.55. The molecule has 1 aliphatic rings. The molecule has 1 saturated heterocycles. The van der Waals surface area contributed by atoms with E-state index in [2.05, 4.69) is 22.4 Å². The fourth-order valence-electron chi connectivity index (χ4n) is 2.65. The fourth-order valence-corrected chi connectivity index (χ4v) is 2.65. The van der Waals surface area contributed by atoms with E-state index in [0.29, 0.717) is 31.4 Å². The van der Waals surface area contributed by atoms with Gasteiger partial charge in [0.2, 0.25) is 11.8 Å². The maximum absolute atomic E-state index is 12.1. The summed E-state index contributed by atoms with van der Waals surface area (Å²) in [4.78, 5) is 14.0. The lowest BCUT2D eigenvalue weighted by atomic mass is 10.1. The lowest BCUT2D eigenvalue weighted by Gasteiger charge is -2.16. The van der Waals surface area contributed by atoms with Crippen molar-refractivity contribution < 1.29 is 9.21 Å². The van der Waals surface area contributed by atoms with Crippen molar-refractivity contribution in [3.05, 3.63) is 36.2 Å². The molecule has 1 amide bonds. The zero-order valence-electron chi connectivity index (χ0n) is 12.7.